The average molecular weight is 475 g/mol. The Balaban J connectivity index is 1.45. The Morgan fingerprint density at radius 1 is 0.686 bits per heavy atom. The van der Waals surface area contributed by atoms with E-state index in [0.29, 0.717) is 19.3 Å². The molecule has 0 heterocycles. The second kappa shape index (κ2) is 11.7. The molecule has 6 heteroatoms. The summed E-state index contributed by atoms with van der Waals surface area (Å²) in [5.41, 5.74) is 5.59. The summed E-state index contributed by atoms with van der Waals surface area (Å²) in [6.07, 6.45) is 11.4. The molecule has 35 heavy (non-hydrogen) atoms. The maximum Gasteiger partial charge on any atom is 0.160 e. The number of rotatable bonds is 8. The van der Waals surface area contributed by atoms with Gasteiger partial charge in [-0.25, -0.2) is 0 Å². The number of nitrogens with one attached hydrogen (secondary N) is 2. The van der Waals surface area contributed by atoms with Crippen LogP contribution in [0.4, 0.5) is 11.4 Å². The molecule has 2 aliphatic carbocycles. The van der Waals surface area contributed by atoms with Gasteiger partial charge in [0.15, 0.2) is 11.6 Å². The average Bonchev–Trinajstić information content (AvgIpc) is 2.88. The van der Waals surface area contributed by atoms with Gasteiger partial charge in [-0.1, -0.05) is 12.1 Å². The van der Waals surface area contributed by atoms with E-state index in [2.05, 4.69) is 22.8 Å². The summed E-state index contributed by atoms with van der Waals surface area (Å²) in [4.78, 5) is 24.1. The first kappa shape index (κ1) is 24.6. The van der Waals surface area contributed by atoms with Gasteiger partial charge < -0.3 is 20.1 Å². The monoisotopic (exact) mass is 474 g/mol. The lowest BCUT2D eigenvalue weighted by Crippen LogP contribution is -2.10. The maximum absolute atomic E-state index is 12.1. The molecule has 2 aromatic rings. The Bertz CT molecular complexity index is 1060. The normalized spacial score (nSPS) is 18.6. The van der Waals surface area contributed by atoms with E-state index in [4.69, 9.17) is 9.47 Å². The number of allylic oxidation sites excluding steroid dienone is 2. The minimum atomic E-state index is 0.229. The van der Waals surface area contributed by atoms with Crippen LogP contribution < -0.4 is 20.1 Å². The smallest absolute Gasteiger partial charge is 0.160 e. The van der Waals surface area contributed by atoms with Gasteiger partial charge in [-0.3, -0.25) is 9.59 Å². The van der Waals surface area contributed by atoms with Crippen molar-refractivity contribution in [2.75, 3.05) is 24.9 Å². The Kier molecular flexibility index (Phi) is 8.24. The number of carbonyl (C=O) groups excluding carboxylic acids is 2. The van der Waals surface area contributed by atoms with Crippen molar-refractivity contribution in [3.8, 4) is 11.5 Å². The summed E-state index contributed by atoms with van der Waals surface area (Å²) < 4.78 is 11.2. The van der Waals surface area contributed by atoms with Crippen molar-refractivity contribution in [3.63, 3.8) is 0 Å². The molecule has 2 aliphatic rings. The molecule has 2 aromatic carbocycles. The van der Waals surface area contributed by atoms with Crippen LogP contribution in [0.2, 0.25) is 0 Å². The Hall–Kier alpha value is -3.54. The minimum Gasteiger partial charge on any atom is -0.495 e. The number of anilines is 2. The molecule has 0 radical (unpaired) electrons. The van der Waals surface area contributed by atoms with E-state index in [-0.39, 0.29) is 11.6 Å². The number of carbonyl (C=O) groups is 2. The number of methoxy groups -OCH3 is 2. The van der Waals surface area contributed by atoms with Crippen LogP contribution in [0, 0.1) is 0 Å². The number of Topliss-reactive ketones (excluding diaryl/α,β-unsaturated/α-hetero) is 2. The molecule has 0 amide bonds. The number of hydrogen-bond acceptors (Lipinski definition) is 6. The Labute approximate surface area is 207 Å². The first-order valence-corrected chi connectivity index (χ1v) is 12.4. The third-order valence-corrected chi connectivity index (χ3v) is 6.66. The lowest BCUT2D eigenvalue weighted by molar-refractivity contribution is -0.117. The van der Waals surface area contributed by atoms with Crippen LogP contribution >= 0.6 is 0 Å². The van der Waals surface area contributed by atoms with Crippen molar-refractivity contribution in [2.24, 2.45) is 0 Å². The maximum atomic E-state index is 12.1. The summed E-state index contributed by atoms with van der Waals surface area (Å²) in [7, 11) is 3.30. The van der Waals surface area contributed by atoms with Crippen LogP contribution in [0.25, 0.3) is 0 Å². The molecule has 0 aromatic heterocycles. The number of ether oxygens (including phenoxy) is 2. The third kappa shape index (κ3) is 6.32. The van der Waals surface area contributed by atoms with Gasteiger partial charge in [0.25, 0.3) is 0 Å². The Morgan fingerprint density at radius 2 is 1.11 bits per heavy atom. The molecule has 0 atom stereocenters. The van der Waals surface area contributed by atoms with Gasteiger partial charge in [-0.2, -0.15) is 0 Å². The Morgan fingerprint density at radius 3 is 1.51 bits per heavy atom. The number of ketones is 2. The molecule has 2 fully saturated rings. The van der Waals surface area contributed by atoms with Crippen molar-refractivity contribution in [3.05, 3.63) is 71.1 Å². The van der Waals surface area contributed by atoms with E-state index >= 15 is 0 Å². The van der Waals surface area contributed by atoms with Gasteiger partial charge in [0.1, 0.15) is 11.5 Å². The zero-order chi connectivity index (χ0) is 24.6. The highest BCUT2D eigenvalue weighted by Gasteiger charge is 2.16. The molecule has 0 aliphatic heterocycles. The standard InChI is InChI=1S/C29H34N2O4/c1-34-28-16-20(11-13-24(28)30-18-22-7-3-5-9-26(22)32)15-21-12-14-25(29(17-21)35-2)31-19-23-8-4-6-10-27(23)33/h11-14,16-19,30-31H,3-10,15H2,1-2H3/b22-18+,23-19+. The summed E-state index contributed by atoms with van der Waals surface area (Å²) >= 11 is 0. The molecule has 184 valence electrons. The van der Waals surface area contributed by atoms with Crippen LogP contribution in [0.5, 0.6) is 11.5 Å². The molecule has 0 saturated heterocycles. The quantitative estimate of drug-likeness (QED) is 0.446. The fourth-order valence-corrected chi connectivity index (χ4v) is 4.60. The van der Waals surface area contributed by atoms with Crippen molar-refractivity contribution >= 4 is 22.9 Å². The van der Waals surface area contributed by atoms with Gasteiger partial charge >= 0.3 is 0 Å². The molecule has 6 nitrogen and oxygen atoms in total. The topological polar surface area (TPSA) is 76.7 Å². The van der Waals surface area contributed by atoms with Gasteiger partial charge in [-0.05, 0) is 80.3 Å². The SMILES string of the molecule is COc1cc(Cc2ccc(N/C=C3\CCCCC3=O)c(OC)c2)ccc1N/C=C1\CCCCC1=O. The van der Waals surface area contributed by atoms with Gasteiger partial charge in [0.2, 0.25) is 0 Å². The van der Waals surface area contributed by atoms with Gasteiger partial charge in [0, 0.05) is 36.4 Å². The van der Waals surface area contributed by atoms with E-state index in [1.807, 2.05) is 36.7 Å². The molecular formula is C29H34N2O4. The molecule has 2 N–H and O–H groups in total. The molecule has 0 spiro atoms. The first-order valence-electron chi connectivity index (χ1n) is 12.4. The molecule has 4 rings (SSSR count). The fraction of sp³-hybridized carbons (Fsp3) is 0.379. The van der Waals surface area contributed by atoms with Gasteiger partial charge in [-0.15, -0.1) is 0 Å². The van der Waals surface area contributed by atoms with Crippen molar-refractivity contribution in [2.45, 2.75) is 57.8 Å². The lowest BCUT2D eigenvalue weighted by atomic mass is 9.94. The highest BCUT2D eigenvalue weighted by molar-refractivity contribution is 5.96. The van der Waals surface area contributed by atoms with E-state index in [1.54, 1.807) is 14.2 Å². The predicted octanol–water partition coefficient (Wildman–Crippen LogP) is 6.17. The van der Waals surface area contributed by atoms with E-state index in [1.165, 1.54) is 0 Å². The molecule has 2 saturated carbocycles. The van der Waals surface area contributed by atoms with Crippen LogP contribution in [-0.2, 0) is 16.0 Å². The second-order valence-electron chi connectivity index (χ2n) is 9.13. The van der Waals surface area contributed by atoms with Crippen molar-refractivity contribution in [1.82, 2.24) is 0 Å². The second-order valence-corrected chi connectivity index (χ2v) is 9.13. The predicted molar refractivity (Wildman–Crippen MR) is 139 cm³/mol. The van der Waals surface area contributed by atoms with Crippen molar-refractivity contribution in [1.29, 1.82) is 0 Å². The van der Waals surface area contributed by atoms with Crippen LogP contribution in [0.1, 0.15) is 62.5 Å². The van der Waals surface area contributed by atoms with Gasteiger partial charge in [0.05, 0.1) is 25.6 Å². The summed E-state index contributed by atoms with van der Waals surface area (Å²) in [5.74, 6) is 1.92. The highest BCUT2D eigenvalue weighted by Crippen LogP contribution is 2.31. The zero-order valence-electron chi connectivity index (χ0n) is 20.6. The molecule has 0 unspecified atom stereocenters. The number of benzene rings is 2. The fourth-order valence-electron chi connectivity index (χ4n) is 4.60. The summed E-state index contributed by atoms with van der Waals surface area (Å²) in [6.45, 7) is 0. The first-order chi connectivity index (χ1) is 17.1. The molecule has 0 bridgehead atoms. The van der Waals surface area contributed by atoms with Crippen LogP contribution in [0.3, 0.4) is 0 Å². The minimum absolute atomic E-state index is 0.229. The van der Waals surface area contributed by atoms with E-state index in [0.717, 1.165) is 83.7 Å². The third-order valence-electron chi connectivity index (χ3n) is 6.66. The molecular weight excluding hydrogens is 440 g/mol. The highest BCUT2D eigenvalue weighted by atomic mass is 16.5. The summed E-state index contributed by atoms with van der Waals surface area (Å²) in [5, 5.41) is 6.52. The zero-order valence-corrected chi connectivity index (χ0v) is 20.6. The van der Waals surface area contributed by atoms with E-state index in [9.17, 15) is 9.59 Å². The van der Waals surface area contributed by atoms with Crippen LogP contribution in [-0.4, -0.2) is 25.8 Å². The van der Waals surface area contributed by atoms with Crippen molar-refractivity contribution < 1.29 is 19.1 Å². The number of hydrogen-bond donors (Lipinski definition) is 2. The summed E-state index contributed by atoms with van der Waals surface area (Å²) in [6, 6.07) is 12.1. The van der Waals surface area contributed by atoms with Crippen LogP contribution in [0.15, 0.2) is 59.9 Å². The lowest BCUT2D eigenvalue weighted by Gasteiger charge is -2.16. The van der Waals surface area contributed by atoms with E-state index < -0.39 is 0 Å². The largest absolute Gasteiger partial charge is 0.495 e.